The summed E-state index contributed by atoms with van der Waals surface area (Å²) in [6.07, 6.45) is 4.75. The van der Waals surface area contributed by atoms with Crippen molar-refractivity contribution in [3.05, 3.63) is 81.3 Å². The first-order valence-electron chi connectivity index (χ1n) is 8.50. The van der Waals surface area contributed by atoms with Crippen LogP contribution in [-0.2, 0) is 9.59 Å². The minimum atomic E-state index is -0.453. The zero-order valence-electron chi connectivity index (χ0n) is 15.3. The van der Waals surface area contributed by atoms with E-state index in [1.165, 1.54) is 24.8 Å². The topological polar surface area (TPSA) is 114 Å². The van der Waals surface area contributed by atoms with Gasteiger partial charge >= 0.3 is 0 Å². The van der Waals surface area contributed by atoms with Gasteiger partial charge in [-0.2, -0.15) is 0 Å². The SMILES string of the molecule is CC(=O)Nc1ccc(N=C2NC(=O)/C(=C/C=C/c3ccccc3[N+](=O)[O-])S2)cc1. The van der Waals surface area contributed by atoms with Crippen LogP contribution in [-0.4, -0.2) is 21.9 Å². The predicted octanol–water partition coefficient (Wildman–Crippen LogP) is 4.00. The van der Waals surface area contributed by atoms with Crippen LogP contribution in [0.2, 0.25) is 0 Å². The zero-order chi connectivity index (χ0) is 20.8. The summed E-state index contributed by atoms with van der Waals surface area (Å²) in [5.41, 5.74) is 1.73. The third kappa shape index (κ3) is 5.39. The Bertz CT molecular complexity index is 1060. The second-order valence-corrected chi connectivity index (χ2v) is 6.94. The summed E-state index contributed by atoms with van der Waals surface area (Å²) in [7, 11) is 0. The van der Waals surface area contributed by atoms with E-state index in [1.54, 1.807) is 60.7 Å². The quantitative estimate of drug-likeness (QED) is 0.441. The minimum absolute atomic E-state index is 0.00404. The molecule has 1 saturated heterocycles. The van der Waals surface area contributed by atoms with Crippen LogP contribution < -0.4 is 10.6 Å². The van der Waals surface area contributed by atoms with Crippen molar-refractivity contribution >= 4 is 51.9 Å². The van der Waals surface area contributed by atoms with Gasteiger partial charge in [-0.15, -0.1) is 0 Å². The summed E-state index contributed by atoms with van der Waals surface area (Å²) in [5, 5.41) is 16.8. The van der Waals surface area contributed by atoms with Crippen molar-refractivity contribution in [2.45, 2.75) is 6.92 Å². The molecular weight excluding hydrogens is 392 g/mol. The number of carbonyl (C=O) groups is 2. The fraction of sp³-hybridized carbons (Fsp3) is 0.0500. The average Bonchev–Trinajstić information content (AvgIpc) is 3.02. The standard InChI is InChI=1S/C20H16N4O4S/c1-13(25)21-15-9-11-16(12-10-15)22-20-23-19(26)18(29-20)8-4-6-14-5-2-3-7-17(14)24(27)28/h2-12H,1H3,(H,21,25)(H,22,23,26)/b6-4+,18-8-. The molecule has 0 spiro atoms. The molecule has 146 valence electrons. The van der Waals surface area contributed by atoms with Gasteiger partial charge in [0.15, 0.2) is 5.17 Å². The molecule has 9 heteroatoms. The van der Waals surface area contributed by atoms with E-state index in [-0.39, 0.29) is 17.5 Å². The number of thioether (sulfide) groups is 1. The fourth-order valence-electron chi connectivity index (χ4n) is 2.47. The molecule has 0 bridgehead atoms. The molecule has 2 N–H and O–H groups in total. The molecule has 3 rings (SSSR count). The van der Waals surface area contributed by atoms with Crippen LogP contribution in [0.4, 0.5) is 17.1 Å². The van der Waals surface area contributed by atoms with Crippen LogP contribution in [0.3, 0.4) is 0 Å². The third-order valence-electron chi connectivity index (χ3n) is 3.73. The number of nitro benzene ring substituents is 1. The summed E-state index contributed by atoms with van der Waals surface area (Å²) < 4.78 is 0. The van der Waals surface area contributed by atoms with E-state index in [0.29, 0.717) is 27.0 Å². The number of nitrogens with zero attached hydrogens (tertiary/aromatic N) is 2. The zero-order valence-corrected chi connectivity index (χ0v) is 16.1. The molecule has 0 saturated carbocycles. The number of anilines is 1. The van der Waals surface area contributed by atoms with E-state index >= 15 is 0 Å². The first-order chi connectivity index (χ1) is 13.9. The molecule has 1 heterocycles. The minimum Gasteiger partial charge on any atom is -0.326 e. The Labute approximate surface area is 170 Å². The number of amidine groups is 1. The van der Waals surface area contributed by atoms with Gasteiger partial charge in [-0.3, -0.25) is 19.7 Å². The number of carbonyl (C=O) groups excluding carboxylic acids is 2. The van der Waals surface area contributed by atoms with Gasteiger partial charge in [0.25, 0.3) is 11.6 Å². The number of benzene rings is 2. The number of amides is 2. The van der Waals surface area contributed by atoms with Crippen molar-refractivity contribution in [3.63, 3.8) is 0 Å². The van der Waals surface area contributed by atoms with Gasteiger partial charge in [-0.05, 0) is 54.2 Å². The normalized spacial score (nSPS) is 16.4. The summed E-state index contributed by atoms with van der Waals surface area (Å²) in [6.45, 7) is 1.43. The maximum atomic E-state index is 12.1. The second-order valence-electron chi connectivity index (χ2n) is 5.91. The maximum absolute atomic E-state index is 12.1. The Morgan fingerprint density at radius 3 is 2.62 bits per heavy atom. The van der Waals surface area contributed by atoms with Gasteiger partial charge in [0.05, 0.1) is 21.1 Å². The van der Waals surface area contributed by atoms with Crippen molar-refractivity contribution in [2.24, 2.45) is 4.99 Å². The molecule has 1 fully saturated rings. The number of hydrogen-bond donors (Lipinski definition) is 2. The summed E-state index contributed by atoms with van der Waals surface area (Å²) in [4.78, 5) is 38.5. The van der Waals surface area contributed by atoms with Gasteiger partial charge in [-0.25, -0.2) is 4.99 Å². The van der Waals surface area contributed by atoms with E-state index < -0.39 is 4.92 Å². The van der Waals surface area contributed by atoms with E-state index in [2.05, 4.69) is 15.6 Å². The Balaban J connectivity index is 1.71. The first-order valence-corrected chi connectivity index (χ1v) is 9.31. The smallest absolute Gasteiger partial charge is 0.276 e. The molecular formula is C20H16N4O4S. The highest BCUT2D eigenvalue weighted by molar-refractivity contribution is 8.18. The molecule has 2 amide bonds. The lowest BCUT2D eigenvalue weighted by atomic mass is 10.1. The maximum Gasteiger partial charge on any atom is 0.276 e. The molecule has 8 nitrogen and oxygen atoms in total. The van der Waals surface area contributed by atoms with Crippen molar-refractivity contribution in [3.8, 4) is 0 Å². The van der Waals surface area contributed by atoms with Gasteiger partial charge in [-0.1, -0.05) is 18.2 Å². The molecule has 1 aliphatic rings. The highest BCUT2D eigenvalue weighted by atomic mass is 32.2. The highest BCUT2D eigenvalue weighted by Crippen LogP contribution is 2.27. The molecule has 2 aromatic carbocycles. The van der Waals surface area contributed by atoms with E-state index in [9.17, 15) is 19.7 Å². The number of para-hydroxylation sites is 1. The second kappa shape index (κ2) is 8.98. The van der Waals surface area contributed by atoms with Crippen LogP contribution in [0.5, 0.6) is 0 Å². The van der Waals surface area contributed by atoms with E-state index in [1.807, 2.05) is 0 Å². The Kier molecular flexibility index (Phi) is 6.20. The summed E-state index contributed by atoms with van der Waals surface area (Å²) >= 11 is 1.17. The average molecular weight is 408 g/mol. The number of nitrogens with one attached hydrogen (secondary N) is 2. The van der Waals surface area contributed by atoms with Gasteiger partial charge < -0.3 is 10.6 Å². The molecule has 0 aliphatic carbocycles. The summed E-state index contributed by atoms with van der Waals surface area (Å²) in [6, 6.07) is 13.2. The molecule has 2 aromatic rings. The van der Waals surface area contributed by atoms with Gasteiger partial charge in [0.2, 0.25) is 5.91 Å². The number of nitro groups is 1. The van der Waals surface area contributed by atoms with Gasteiger partial charge in [0.1, 0.15) is 0 Å². The Hall–Kier alpha value is -3.72. The highest BCUT2D eigenvalue weighted by Gasteiger charge is 2.23. The predicted molar refractivity (Wildman–Crippen MR) is 114 cm³/mol. The molecule has 1 aliphatic heterocycles. The third-order valence-corrected chi connectivity index (χ3v) is 4.65. The molecule has 0 radical (unpaired) electrons. The number of rotatable bonds is 5. The largest absolute Gasteiger partial charge is 0.326 e. The lowest BCUT2D eigenvalue weighted by Gasteiger charge is -2.02. The monoisotopic (exact) mass is 408 g/mol. The van der Waals surface area contributed by atoms with E-state index in [4.69, 9.17) is 0 Å². The van der Waals surface area contributed by atoms with Gasteiger partial charge in [0, 0.05) is 18.7 Å². The molecule has 29 heavy (non-hydrogen) atoms. The number of aliphatic imine (C=N–C) groups is 1. The van der Waals surface area contributed by atoms with Crippen molar-refractivity contribution in [1.82, 2.24) is 5.32 Å². The van der Waals surface area contributed by atoms with Crippen LogP contribution in [0.15, 0.2) is 70.6 Å². The van der Waals surface area contributed by atoms with Crippen LogP contribution in [0.25, 0.3) is 6.08 Å². The molecule has 0 unspecified atom stereocenters. The van der Waals surface area contributed by atoms with Crippen LogP contribution in [0, 0.1) is 10.1 Å². The molecule has 0 aromatic heterocycles. The van der Waals surface area contributed by atoms with E-state index in [0.717, 1.165) is 0 Å². The van der Waals surface area contributed by atoms with Crippen molar-refractivity contribution in [1.29, 1.82) is 0 Å². The van der Waals surface area contributed by atoms with Crippen LogP contribution in [0.1, 0.15) is 12.5 Å². The number of hydrogen-bond acceptors (Lipinski definition) is 6. The number of allylic oxidation sites excluding steroid dienone is 2. The summed E-state index contributed by atoms with van der Waals surface area (Å²) in [5.74, 6) is -0.456. The lowest BCUT2D eigenvalue weighted by Crippen LogP contribution is -2.19. The lowest BCUT2D eigenvalue weighted by molar-refractivity contribution is -0.385. The van der Waals surface area contributed by atoms with Crippen molar-refractivity contribution < 1.29 is 14.5 Å². The Morgan fingerprint density at radius 2 is 1.93 bits per heavy atom. The first kappa shape index (κ1) is 20.0. The van der Waals surface area contributed by atoms with Crippen molar-refractivity contribution in [2.75, 3.05) is 5.32 Å². The van der Waals surface area contributed by atoms with Crippen LogP contribution >= 0.6 is 11.8 Å². The molecule has 0 atom stereocenters. The fourth-order valence-corrected chi connectivity index (χ4v) is 3.26. The Morgan fingerprint density at radius 1 is 1.21 bits per heavy atom.